The highest BCUT2D eigenvalue weighted by Gasteiger charge is 1.90. The summed E-state index contributed by atoms with van der Waals surface area (Å²) in [4.78, 5) is 0. The molecule has 0 fully saturated rings. The zero-order valence-electron chi connectivity index (χ0n) is 6.23. The topological polar surface area (TPSA) is 20.2 Å². The van der Waals surface area contributed by atoms with E-state index in [1.807, 2.05) is 0 Å². The minimum atomic E-state index is -1.54. The molecule has 1 heteroatoms. The third kappa shape index (κ3) is 2.21. The lowest BCUT2D eigenvalue weighted by Gasteiger charge is -1.98. The molecule has 0 amide bonds. The van der Waals surface area contributed by atoms with E-state index in [9.17, 15) is 0 Å². The maximum absolute atomic E-state index is 8.88. The average Bonchev–Trinajstić information content (AvgIpc) is 1.67. The molecule has 0 heterocycles. The highest BCUT2D eigenvalue weighted by atomic mass is 16.3. The van der Waals surface area contributed by atoms with E-state index in [-0.39, 0.29) is 0 Å². The van der Waals surface area contributed by atoms with Crippen LogP contribution in [-0.4, -0.2) is 11.2 Å². The van der Waals surface area contributed by atoms with E-state index in [1.54, 1.807) is 6.92 Å². The molecule has 0 rings (SSSR count). The minimum absolute atomic E-state index is 0.317. The van der Waals surface area contributed by atoms with Crippen molar-refractivity contribution >= 4 is 0 Å². The van der Waals surface area contributed by atoms with Crippen molar-refractivity contribution in [2.24, 2.45) is 0 Å². The molecule has 2 atom stereocenters. The van der Waals surface area contributed by atoms with Crippen molar-refractivity contribution in [3.8, 4) is 0 Å². The Morgan fingerprint density at radius 1 is 2.00 bits per heavy atom. The van der Waals surface area contributed by atoms with Crippen LogP contribution in [0.25, 0.3) is 0 Å². The van der Waals surface area contributed by atoms with Crippen molar-refractivity contribution in [2.75, 3.05) is 0 Å². The third-order valence-corrected chi connectivity index (χ3v) is 0.695. The van der Waals surface area contributed by atoms with Gasteiger partial charge >= 0.3 is 0 Å². The molecule has 38 valence electrons. The summed E-state index contributed by atoms with van der Waals surface area (Å²) in [5, 5.41) is 8.88. The smallest absolute Gasteiger partial charge is 0.0600 e. The molecular formula is C5H12O. The molecule has 0 aliphatic carbocycles. The van der Waals surface area contributed by atoms with Crippen LogP contribution in [0.1, 0.15) is 29.4 Å². The summed E-state index contributed by atoms with van der Waals surface area (Å²) in [6, 6.07) is 0. The summed E-state index contributed by atoms with van der Waals surface area (Å²) in [7, 11) is 0. The predicted octanol–water partition coefficient (Wildman–Crippen LogP) is 1.17. The van der Waals surface area contributed by atoms with Gasteiger partial charge in [-0.05, 0) is 12.8 Å². The van der Waals surface area contributed by atoms with Gasteiger partial charge in [-0.1, -0.05) is 13.8 Å². The quantitative estimate of drug-likeness (QED) is 0.539. The molecule has 0 aromatic carbocycles. The van der Waals surface area contributed by atoms with Gasteiger partial charge in [0.15, 0.2) is 0 Å². The van der Waals surface area contributed by atoms with Gasteiger partial charge < -0.3 is 5.11 Å². The first-order valence-corrected chi connectivity index (χ1v) is 2.15. The molecule has 0 bridgehead atoms. The van der Waals surface area contributed by atoms with Gasteiger partial charge in [-0.15, -0.1) is 0 Å². The Labute approximate surface area is 41.8 Å². The van der Waals surface area contributed by atoms with E-state index in [4.69, 9.17) is 7.85 Å². The molecule has 6 heavy (non-hydrogen) atoms. The molecule has 0 radical (unpaired) electrons. The molecule has 0 saturated heterocycles. The van der Waals surface area contributed by atoms with Crippen LogP contribution in [0.5, 0.6) is 0 Å². The van der Waals surface area contributed by atoms with Gasteiger partial charge in [-0.2, -0.15) is 0 Å². The van der Waals surface area contributed by atoms with Crippen molar-refractivity contribution < 1.29 is 7.85 Å². The van der Waals surface area contributed by atoms with Gasteiger partial charge in [0.25, 0.3) is 0 Å². The van der Waals surface area contributed by atoms with Gasteiger partial charge in [-0.3, -0.25) is 0 Å². The van der Waals surface area contributed by atoms with Gasteiger partial charge in [-0.25, -0.2) is 0 Å². The van der Waals surface area contributed by atoms with Crippen molar-refractivity contribution in [1.29, 1.82) is 0 Å². The Morgan fingerprint density at radius 3 is 2.50 bits per heavy atom. The van der Waals surface area contributed by atoms with Crippen LogP contribution in [0.2, 0.25) is 0 Å². The highest BCUT2D eigenvalue weighted by Crippen LogP contribution is 1.91. The molecule has 1 N–H and O–H groups in total. The molecule has 1 nitrogen and oxygen atoms in total. The standard InChI is InChI=1S/C5H12O/c1-3-5(6)4-2/h5-6H,3-4H2,1-2H3/i3D,5D. The van der Waals surface area contributed by atoms with E-state index >= 15 is 0 Å². The van der Waals surface area contributed by atoms with Gasteiger partial charge in [0.2, 0.25) is 0 Å². The number of aliphatic hydroxyl groups is 1. The fourth-order valence-electron chi connectivity index (χ4n) is 0.204. The SMILES string of the molecule is [2H]C(C)C([2H])(O)CC. The van der Waals surface area contributed by atoms with Crippen LogP contribution in [-0.2, 0) is 0 Å². The molecule has 0 aromatic rings. The molecular weight excluding hydrogens is 76.1 g/mol. The molecule has 0 aliphatic rings. The van der Waals surface area contributed by atoms with E-state index < -0.39 is 12.5 Å². The van der Waals surface area contributed by atoms with Gasteiger partial charge in [0.1, 0.15) is 0 Å². The average molecular weight is 90.2 g/mol. The lowest BCUT2D eigenvalue weighted by molar-refractivity contribution is 0.166. The first-order valence-electron chi connectivity index (χ1n) is 3.23. The van der Waals surface area contributed by atoms with Gasteiger partial charge in [0.05, 0.1) is 7.45 Å². The van der Waals surface area contributed by atoms with E-state index in [1.165, 1.54) is 6.92 Å². The Balaban J connectivity index is 3.71. The van der Waals surface area contributed by atoms with Crippen LogP contribution in [0.15, 0.2) is 0 Å². The second-order valence-corrected chi connectivity index (χ2v) is 1.13. The maximum Gasteiger partial charge on any atom is 0.0600 e. The van der Waals surface area contributed by atoms with Crippen LogP contribution in [0, 0.1) is 0 Å². The summed E-state index contributed by atoms with van der Waals surface area (Å²) < 4.78 is 13.9. The van der Waals surface area contributed by atoms with Crippen molar-refractivity contribution in [3.05, 3.63) is 0 Å². The first kappa shape index (κ1) is 3.03. The molecule has 0 aliphatic heterocycles. The zero-order valence-corrected chi connectivity index (χ0v) is 4.23. The lowest BCUT2D eigenvalue weighted by atomic mass is 10.2. The Kier molecular flexibility index (Phi) is 1.59. The van der Waals surface area contributed by atoms with Crippen LogP contribution in [0.3, 0.4) is 0 Å². The first-order chi connectivity index (χ1) is 3.50. The third-order valence-electron chi connectivity index (χ3n) is 0.695. The Bertz CT molecular complexity index is 70.8. The van der Waals surface area contributed by atoms with E-state index in [2.05, 4.69) is 0 Å². The monoisotopic (exact) mass is 90.1 g/mol. The Morgan fingerprint density at radius 2 is 2.50 bits per heavy atom. The molecule has 0 saturated carbocycles. The number of hydrogen-bond donors (Lipinski definition) is 1. The molecule has 0 aromatic heterocycles. The summed E-state index contributed by atoms with van der Waals surface area (Å²) in [5.41, 5.74) is 0. The number of rotatable bonds is 2. The summed E-state index contributed by atoms with van der Waals surface area (Å²) in [6.07, 6.45) is -1.94. The van der Waals surface area contributed by atoms with Crippen LogP contribution >= 0.6 is 0 Å². The van der Waals surface area contributed by atoms with Crippen LogP contribution in [0.4, 0.5) is 0 Å². The van der Waals surface area contributed by atoms with Crippen LogP contribution < -0.4 is 0 Å². The number of hydrogen-bond acceptors (Lipinski definition) is 1. The maximum atomic E-state index is 8.88. The highest BCUT2D eigenvalue weighted by molar-refractivity contribution is 4.43. The van der Waals surface area contributed by atoms with Crippen molar-refractivity contribution in [1.82, 2.24) is 0 Å². The summed E-state index contributed by atoms with van der Waals surface area (Å²) in [6.45, 7) is 3.20. The Hall–Kier alpha value is -0.0400. The lowest BCUT2D eigenvalue weighted by Crippen LogP contribution is -1.99. The van der Waals surface area contributed by atoms with Crippen molar-refractivity contribution in [2.45, 2.75) is 32.7 Å². The van der Waals surface area contributed by atoms with Gasteiger partial charge in [0, 0.05) is 1.37 Å². The fraction of sp³-hybridized carbons (Fsp3) is 1.00. The normalized spacial score (nSPS) is 29.8. The summed E-state index contributed by atoms with van der Waals surface area (Å²) >= 11 is 0. The second-order valence-electron chi connectivity index (χ2n) is 1.13. The fourth-order valence-corrected chi connectivity index (χ4v) is 0.204. The predicted molar refractivity (Wildman–Crippen MR) is 26.6 cm³/mol. The zero-order chi connectivity index (χ0) is 6.78. The van der Waals surface area contributed by atoms with E-state index in [0.717, 1.165) is 0 Å². The van der Waals surface area contributed by atoms with E-state index in [0.29, 0.717) is 6.42 Å². The summed E-state index contributed by atoms with van der Waals surface area (Å²) in [5.74, 6) is 0. The minimum Gasteiger partial charge on any atom is -0.393 e. The molecule has 2 unspecified atom stereocenters. The largest absolute Gasteiger partial charge is 0.393 e. The molecule has 0 spiro atoms. The van der Waals surface area contributed by atoms with Crippen molar-refractivity contribution in [3.63, 3.8) is 0 Å². The second kappa shape index (κ2) is 3.16.